The van der Waals surface area contributed by atoms with Crippen molar-refractivity contribution in [1.29, 1.82) is 0 Å². The lowest BCUT2D eigenvalue weighted by atomic mass is 10.2. The van der Waals surface area contributed by atoms with E-state index in [0.29, 0.717) is 18.5 Å². The fraction of sp³-hybridized carbons (Fsp3) is 0.167. The highest BCUT2D eigenvalue weighted by atomic mass is 32.2. The Morgan fingerprint density at radius 1 is 1.35 bits per heavy atom. The minimum Gasteiger partial charge on any atom is -0.389 e. The second-order valence-electron chi connectivity index (χ2n) is 3.96. The average Bonchev–Trinajstić information content (AvgIpc) is 2.92. The van der Waals surface area contributed by atoms with Crippen LogP contribution in [0.5, 0.6) is 0 Å². The molecule has 20 heavy (non-hydrogen) atoms. The van der Waals surface area contributed by atoms with E-state index in [1.54, 1.807) is 18.3 Å². The monoisotopic (exact) mass is 327 g/mol. The molecule has 0 radical (unpaired) electrons. The third kappa shape index (κ3) is 3.83. The topological polar surface area (TPSA) is 85.1 Å². The third-order valence-electron chi connectivity index (χ3n) is 2.56. The van der Waals surface area contributed by atoms with Gasteiger partial charge in [-0.3, -0.25) is 0 Å². The molecule has 1 aromatic heterocycles. The van der Waals surface area contributed by atoms with Crippen molar-refractivity contribution in [3.63, 3.8) is 0 Å². The van der Waals surface area contributed by atoms with Gasteiger partial charge in [-0.2, -0.15) is 0 Å². The lowest BCUT2D eigenvalue weighted by Gasteiger charge is -2.06. The van der Waals surface area contributed by atoms with Crippen LogP contribution in [0.15, 0.2) is 40.7 Å². The predicted octanol–water partition coefficient (Wildman–Crippen LogP) is 1.30. The molecule has 0 bridgehead atoms. The second-order valence-corrected chi connectivity index (χ2v) is 7.15. The Morgan fingerprint density at radius 2 is 2.05 bits per heavy atom. The van der Waals surface area contributed by atoms with Crippen molar-refractivity contribution in [2.75, 3.05) is 6.54 Å². The van der Waals surface area contributed by atoms with Crippen molar-refractivity contribution in [3.05, 3.63) is 46.4 Å². The van der Waals surface area contributed by atoms with E-state index in [2.05, 4.69) is 9.71 Å². The Labute approximate surface area is 126 Å². The number of nitrogens with one attached hydrogen (secondary N) is 1. The van der Waals surface area contributed by atoms with Gasteiger partial charge in [-0.05, 0) is 12.1 Å². The molecule has 2 aromatic rings. The van der Waals surface area contributed by atoms with Gasteiger partial charge in [0.05, 0.1) is 9.90 Å². The molecule has 1 heterocycles. The molecule has 3 N–H and O–H groups in total. The van der Waals surface area contributed by atoms with Crippen LogP contribution in [-0.4, -0.2) is 24.9 Å². The summed E-state index contributed by atoms with van der Waals surface area (Å²) in [6, 6.07) is 6.16. The maximum atomic E-state index is 12.0. The zero-order valence-electron chi connectivity index (χ0n) is 10.4. The van der Waals surface area contributed by atoms with E-state index < -0.39 is 10.0 Å². The second kappa shape index (κ2) is 6.40. The van der Waals surface area contributed by atoms with E-state index in [4.69, 9.17) is 18.0 Å². The first-order valence-corrected chi connectivity index (χ1v) is 8.54. The molecule has 0 aliphatic rings. The van der Waals surface area contributed by atoms with Crippen molar-refractivity contribution in [1.82, 2.24) is 9.71 Å². The summed E-state index contributed by atoms with van der Waals surface area (Å²) in [5, 5.41) is 2.76. The van der Waals surface area contributed by atoms with Gasteiger partial charge < -0.3 is 5.73 Å². The minimum atomic E-state index is -3.51. The minimum absolute atomic E-state index is 0.191. The van der Waals surface area contributed by atoms with E-state index in [1.165, 1.54) is 23.5 Å². The summed E-state index contributed by atoms with van der Waals surface area (Å²) < 4.78 is 26.6. The lowest BCUT2D eigenvalue weighted by molar-refractivity contribution is 0.581. The van der Waals surface area contributed by atoms with Gasteiger partial charge in [-0.1, -0.05) is 24.4 Å². The molecule has 0 aliphatic carbocycles. The van der Waals surface area contributed by atoms with Crippen molar-refractivity contribution >= 4 is 38.6 Å². The first kappa shape index (κ1) is 15.0. The maximum Gasteiger partial charge on any atom is 0.240 e. The highest BCUT2D eigenvalue weighted by Gasteiger charge is 2.13. The van der Waals surface area contributed by atoms with Crippen LogP contribution in [0.25, 0.3) is 0 Å². The van der Waals surface area contributed by atoms with E-state index in [-0.39, 0.29) is 9.88 Å². The molecule has 0 aliphatic heterocycles. The maximum absolute atomic E-state index is 12.0. The average molecular weight is 327 g/mol. The number of benzene rings is 1. The van der Waals surface area contributed by atoms with Crippen LogP contribution in [0, 0.1) is 0 Å². The molecular weight excluding hydrogens is 314 g/mol. The Balaban J connectivity index is 2.00. The van der Waals surface area contributed by atoms with Crippen molar-refractivity contribution in [3.8, 4) is 0 Å². The lowest BCUT2D eigenvalue weighted by Crippen LogP contribution is -2.26. The number of thiocarbonyl (C=S) groups is 1. The highest BCUT2D eigenvalue weighted by molar-refractivity contribution is 7.89. The number of thiazole rings is 1. The van der Waals surface area contributed by atoms with Gasteiger partial charge in [-0.15, -0.1) is 11.3 Å². The molecule has 0 amide bonds. The normalized spacial score (nSPS) is 11.4. The molecule has 106 valence electrons. The highest BCUT2D eigenvalue weighted by Crippen LogP contribution is 2.11. The summed E-state index contributed by atoms with van der Waals surface area (Å²) in [6.45, 7) is 0.312. The molecule has 5 nitrogen and oxygen atoms in total. The SMILES string of the molecule is NC(=S)c1ccc(S(=O)(=O)NCCc2nccs2)cc1. The van der Waals surface area contributed by atoms with E-state index in [0.717, 1.165) is 5.01 Å². The van der Waals surface area contributed by atoms with Crippen LogP contribution in [0.3, 0.4) is 0 Å². The quantitative estimate of drug-likeness (QED) is 0.781. The van der Waals surface area contributed by atoms with Crippen LogP contribution in [0.4, 0.5) is 0 Å². The Kier molecular flexibility index (Phi) is 4.81. The third-order valence-corrected chi connectivity index (χ3v) is 5.12. The Bertz CT molecular complexity index is 679. The Hall–Kier alpha value is -1.35. The van der Waals surface area contributed by atoms with Gasteiger partial charge in [0.1, 0.15) is 4.99 Å². The number of nitrogens with two attached hydrogens (primary N) is 1. The number of hydrogen-bond donors (Lipinski definition) is 2. The van der Waals surface area contributed by atoms with Crippen LogP contribution in [0.2, 0.25) is 0 Å². The van der Waals surface area contributed by atoms with Crippen LogP contribution >= 0.6 is 23.6 Å². The molecular formula is C12H13N3O2S3. The van der Waals surface area contributed by atoms with Gasteiger partial charge in [-0.25, -0.2) is 18.1 Å². The zero-order chi connectivity index (χ0) is 14.6. The van der Waals surface area contributed by atoms with Gasteiger partial charge in [0.2, 0.25) is 10.0 Å². The number of aromatic nitrogens is 1. The van der Waals surface area contributed by atoms with Crippen molar-refractivity contribution in [2.24, 2.45) is 5.73 Å². The van der Waals surface area contributed by atoms with E-state index in [9.17, 15) is 8.42 Å². The standard InChI is InChI=1S/C12H13N3O2S3/c13-12(18)9-1-3-10(4-2-9)20(16,17)15-6-5-11-14-7-8-19-11/h1-4,7-8,15H,5-6H2,(H2,13,18). The largest absolute Gasteiger partial charge is 0.389 e. The summed E-state index contributed by atoms with van der Waals surface area (Å²) in [4.78, 5) is 4.53. The van der Waals surface area contributed by atoms with Gasteiger partial charge >= 0.3 is 0 Å². The molecule has 2 rings (SSSR count). The summed E-state index contributed by atoms with van der Waals surface area (Å²) in [5.41, 5.74) is 6.11. The van der Waals surface area contributed by atoms with Gasteiger partial charge in [0.25, 0.3) is 0 Å². The van der Waals surface area contributed by atoms with Gasteiger partial charge in [0, 0.05) is 30.1 Å². The van der Waals surface area contributed by atoms with Crippen LogP contribution in [-0.2, 0) is 16.4 Å². The van der Waals surface area contributed by atoms with E-state index in [1.807, 2.05) is 5.38 Å². The molecule has 0 saturated carbocycles. The first-order chi connectivity index (χ1) is 9.49. The number of nitrogens with zero attached hydrogens (tertiary/aromatic N) is 1. The number of hydrogen-bond acceptors (Lipinski definition) is 5. The summed E-state index contributed by atoms with van der Waals surface area (Å²) >= 11 is 6.32. The molecule has 8 heteroatoms. The van der Waals surface area contributed by atoms with Crippen molar-refractivity contribution < 1.29 is 8.42 Å². The molecule has 0 spiro atoms. The summed E-state index contributed by atoms with van der Waals surface area (Å²) in [6.07, 6.45) is 2.27. The summed E-state index contributed by atoms with van der Waals surface area (Å²) in [7, 11) is -3.51. The predicted molar refractivity (Wildman–Crippen MR) is 83.3 cm³/mol. The molecule has 0 fully saturated rings. The molecule has 0 atom stereocenters. The first-order valence-electron chi connectivity index (χ1n) is 5.77. The van der Waals surface area contributed by atoms with E-state index >= 15 is 0 Å². The van der Waals surface area contributed by atoms with Crippen molar-refractivity contribution in [2.45, 2.75) is 11.3 Å². The Morgan fingerprint density at radius 3 is 2.60 bits per heavy atom. The molecule has 0 saturated heterocycles. The van der Waals surface area contributed by atoms with Crippen LogP contribution < -0.4 is 10.5 Å². The summed E-state index contributed by atoms with van der Waals surface area (Å²) in [5.74, 6) is 0. The van der Waals surface area contributed by atoms with Gasteiger partial charge in [0.15, 0.2) is 0 Å². The zero-order valence-corrected chi connectivity index (χ0v) is 12.9. The number of sulfonamides is 1. The van der Waals surface area contributed by atoms with Crippen LogP contribution in [0.1, 0.15) is 10.6 Å². The smallest absolute Gasteiger partial charge is 0.240 e. The number of rotatable bonds is 6. The fourth-order valence-electron chi connectivity index (χ4n) is 1.55. The molecule has 0 unspecified atom stereocenters. The molecule has 1 aromatic carbocycles. The fourth-order valence-corrected chi connectivity index (χ4v) is 3.34.